The predicted molar refractivity (Wildman–Crippen MR) is 129 cm³/mol. The summed E-state index contributed by atoms with van der Waals surface area (Å²) in [5, 5.41) is 6.50. The van der Waals surface area contributed by atoms with Gasteiger partial charge in [-0.2, -0.15) is 0 Å². The van der Waals surface area contributed by atoms with Crippen LogP contribution < -0.4 is 15.4 Å². The maximum atomic E-state index is 13.7. The molecule has 0 fully saturated rings. The van der Waals surface area contributed by atoms with Crippen LogP contribution >= 0.6 is 7.60 Å². The third-order valence-corrected chi connectivity index (χ3v) is 6.70. The first-order valence-electron chi connectivity index (χ1n) is 10.9. The molecule has 0 aliphatic carbocycles. The Hall–Kier alpha value is -3.07. The molecule has 9 nitrogen and oxygen atoms in total. The summed E-state index contributed by atoms with van der Waals surface area (Å²) in [6.07, 6.45) is 0.957. The molecule has 0 aliphatic heterocycles. The molecular weight excluding hydrogens is 462 g/mol. The Bertz CT molecular complexity index is 1210. The van der Waals surface area contributed by atoms with Gasteiger partial charge in [0.15, 0.2) is 0 Å². The molecule has 0 aliphatic rings. The average molecular weight is 490 g/mol. The van der Waals surface area contributed by atoms with Crippen molar-refractivity contribution in [1.29, 1.82) is 0 Å². The Morgan fingerprint density at radius 2 is 1.79 bits per heavy atom. The Kier molecular flexibility index (Phi) is 8.55. The van der Waals surface area contributed by atoms with Crippen molar-refractivity contribution in [2.45, 2.75) is 27.7 Å². The topological polar surface area (TPSA) is 112 Å². The summed E-state index contributed by atoms with van der Waals surface area (Å²) in [7, 11) is -3.58. The Morgan fingerprint density at radius 1 is 1.06 bits per heavy atom. The Balaban J connectivity index is 1.95. The third kappa shape index (κ3) is 6.28. The maximum Gasteiger partial charge on any atom is 0.340 e. The summed E-state index contributed by atoms with van der Waals surface area (Å²) in [4.78, 5) is 21.3. The van der Waals surface area contributed by atoms with Crippen molar-refractivity contribution < 1.29 is 27.5 Å². The van der Waals surface area contributed by atoms with Gasteiger partial charge in [0.1, 0.15) is 29.9 Å². The molecule has 0 saturated heterocycles. The van der Waals surface area contributed by atoms with Crippen molar-refractivity contribution >= 4 is 41.6 Å². The number of ether oxygens (including phenoxy) is 1. The van der Waals surface area contributed by atoms with Gasteiger partial charge in [0.05, 0.1) is 31.0 Å². The lowest BCUT2D eigenvalue weighted by atomic mass is 10.1. The second-order valence-corrected chi connectivity index (χ2v) is 9.32. The number of benzene rings is 2. The zero-order chi connectivity index (χ0) is 24.7. The minimum absolute atomic E-state index is 0.153. The molecule has 0 unspecified atom stereocenters. The van der Waals surface area contributed by atoms with E-state index in [-0.39, 0.29) is 19.0 Å². The maximum absolute atomic E-state index is 13.7. The van der Waals surface area contributed by atoms with E-state index in [1.54, 1.807) is 45.0 Å². The van der Waals surface area contributed by atoms with E-state index in [1.165, 1.54) is 12.4 Å². The fraction of sp³-hybridized carbons (Fsp3) is 0.348. The zero-order valence-corrected chi connectivity index (χ0v) is 20.4. The van der Waals surface area contributed by atoms with E-state index in [0.717, 1.165) is 0 Å². The summed E-state index contributed by atoms with van der Waals surface area (Å²) < 4.78 is 42.5. The van der Waals surface area contributed by atoms with Gasteiger partial charge >= 0.3 is 7.60 Å². The number of hydrogen-bond donors (Lipinski definition) is 2. The summed E-state index contributed by atoms with van der Waals surface area (Å²) in [5.41, 5.74) is 2.06. The molecule has 1 heterocycles. The molecule has 0 saturated carbocycles. The van der Waals surface area contributed by atoms with Crippen LogP contribution in [0.4, 0.5) is 21.6 Å². The normalized spacial score (nSPS) is 11.4. The predicted octanol–water partition coefficient (Wildman–Crippen LogP) is 5.42. The largest absolute Gasteiger partial charge is 0.492 e. The molecule has 0 radical (unpaired) electrons. The number of halogens is 1. The first-order valence-corrected chi connectivity index (χ1v) is 12.6. The van der Waals surface area contributed by atoms with Gasteiger partial charge in [-0.1, -0.05) is 0 Å². The van der Waals surface area contributed by atoms with E-state index in [2.05, 4.69) is 20.6 Å². The second kappa shape index (κ2) is 11.4. The lowest BCUT2D eigenvalue weighted by Crippen LogP contribution is -2.19. The summed E-state index contributed by atoms with van der Waals surface area (Å²) in [5.74, 6) is 0.00374. The van der Waals surface area contributed by atoms with Crippen molar-refractivity contribution in [3.05, 3.63) is 48.0 Å². The molecular formula is C23H28FN4O5P. The van der Waals surface area contributed by atoms with E-state index in [0.29, 0.717) is 46.0 Å². The number of amides is 1. The number of carbonyl (C=O) groups is 1. The summed E-state index contributed by atoms with van der Waals surface area (Å²) in [6, 6.07) is 7.99. The van der Waals surface area contributed by atoms with Crippen LogP contribution in [-0.2, 0) is 18.4 Å². The molecule has 3 rings (SSSR count). The van der Waals surface area contributed by atoms with Gasteiger partial charge < -0.3 is 24.4 Å². The Morgan fingerprint density at radius 3 is 2.44 bits per heavy atom. The summed E-state index contributed by atoms with van der Waals surface area (Å²) >= 11 is 0. The zero-order valence-electron chi connectivity index (χ0n) is 19.6. The van der Waals surface area contributed by atoms with Gasteiger partial charge in [-0.15, -0.1) is 0 Å². The fourth-order valence-electron chi connectivity index (χ4n) is 3.30. The Labute approximate surface area is 197 Å². The van der Waals surface area contributed by atoms with Crippen molar-refractivity contribution in [3.63, 3.8) is 0 Å². The van der Waals surface area contributed by atoms with Crippen molar-refractivity contribution in [2.24, 2.45) is 0 Å². The molecule has 1 amide bonds. The highest BCUT2D eigenvalue weighted by Crippen LogP contribution is 2.48. The molecule has 0 bridgehead atoms. The number of aromatic nitrogens is 2. The van der Waals surface area contributed by atoms with Gasteiger partial charge in [0, 0.05) is 17.1 Å². The van der Waals surface area contributed by atoms with Gasteiger partial charge in [-0.05, 0) is 57.5 Å². The fourth-order valence-corrected chi connectivity index (χ4v) is 4.78. The first kappa shape index (κ1) is 25.6. The molecule has 3 aromatic rings. The quantitative estimate of drug-likeness (QED) is 0.343. The van der Waals surface area contributed by atoms with Crippen LogP contribution in [0.2, 0.25) is 0 Å². The number of fused-ring (bicyclic) bond motifs is 1. The van der Waals surface area contributed by atoms with Crippen molar-refractivity contribution in [3.8, 4) is 5.75 Å². The molecule has 2 aromatic carbocycles. The van der Waals surface area contributed by atoms with Crippen LogP contribution in [-0.4, -0.2) is 41.9 Å². The minimum Gasteiger partial charge on any atom is -0.492 e. The van der Waals surface area contributed by atoms with Gasteiger partial charge in [-0.25, -0.2) is 14.4 Å². The van der Waals surface area contributed by atoms with E-state index in [9.17, 15) is 13.8 Å². The highest BCUT2D eigenvalue weighted by Gasteiger charge is 2.28. The van der Waals surface area contributed by atoms with Crippen LogP contribution in [0.5, 0.6) is 5.75 Å². The summed E-state index contributed by atoms with van der Waals surface area (Å²) in [6.45, 7) is 7.51. The molecule has 0 spiro atoms. The number of hydrogen-bond acceptors (Lipinski definition) is 8. The van der Waals surface area contributed by atoms with Crippen molar-refractivity contribution in [2.75, 3.05) is 36.6 Å². The first-order chi connectivity index (χ1) is 16.3. The van der Waals surface area contributed by atoms with E-state index < -0.39 is 19.7 Å². The molecule has 2 N–H and O–H groups in total. The second-order valence-electron chi connectivity index (χ2n) is 7.26. The number of rotatable bonds is 11. The smallest absolute Gasteiger partial charge is 0.340 e. The number of nitrogens with one attached hydrogen (secondary N) is 2. The van der Waals surface area contributed by atoms with Gasteiger partial charge in [0.25, 0.3) is 0 Å². The number of aryl methyl sites for hydroxylation is 1. The third-order valence-electron chi connectivity index (χ3n) is 4.72. The molecule has 182 valence electrons. The highest BCUT2D eigenvalue weighted by atomic mass is 31.2. The van der Waals surface area contributed by atoms with E-state index in [1.807, 2.05) is 6.92 Å². The highest BCUT2D eigenvalue weighted by molar-refractivity contribution is 7.54. The molecule has 0 atom stereocenters. The minimum atomic E-state index is -3.58. The number of nitrogens with zero attached hydrogens (tertiary/aromatic N) is 2. The molecule has 11 heteroatoms. The monoisotopic (exact) mass is 490 g/mol. The standard InChI is InChI=1S/C23H28FN4O5P/c1-5-31-21-12-19-17(11-20(21)28-22(29)13-34(30,32-6-2)33-7-3)23(26-14-25-19)27-16-8-9-18(24)15(4)10-16/h8-12,14H,5-7,13H2,1-4H3,(H,28,29)(H,25,26,27). The van der Waals surface area contributed by atoms with Crippen LogP contribution in [0.1, 0.15) is 26.3 Å². The van der Waals surface area contributed by atoms with Crippen molar-refractivity contribution in [1.82, 2.24) is 9.97 Å². The van der Waals surface area contributed by atoms with Crippen LogP contribution in [0.25, 0.3) is 10.9 Å². The lowest BCUT2D eigenvalue weighted by Gasteiger charge is -2.18. The number of carbonyl (C=O) groups excluding carboxylic acids is 1. The molecule has 34 heavy (non-hydrogen) atoms. The lowest BCUT2D eigenvalue weighted by molar-refractivity contribution is -0.114. The molecule has 1 aromatic heterocycles. The van der Waals surface area contributed by atoms with Gasteiger partial charge in [0.2, 0.25) is 5.91 Å². The van der Waals surface area contributed by atoms with Crippen LogP contribution in [0, 0.1) is 12.7 Å². The van der Waals surface area contributed by atoms with E-state index >= 15 is 0 Å². The average Bonchev–Trinajstić information content (AvgIpc) is 2.77. The van der Waals surface area contributed by atoms with Crippen LogP contribution in [0.15, 0.2) is 36.7 Å². The van der Waals surface area contributed by atoms with Crippen LogP contribution in [0.3, 0.4) is 0 Å². The van der Waals surface area contributed by atoms with E-state index in [4.69, 9.17) is 13.8 Å². The SMILES string of the molecule is CCOc1cc2ncnc(Nc3ccc(F)c(C)c3)c2cc1NC(=O)CP(=O)(OCC)OCC. The van der Waals surface area contributed by atoms with Gasteiger partial charge in [-0.3, -0.25) is 9.36 Å². The number of anilines is 3.